The van der Waals surface area contributed by atoms with E-state index in [4.69, 9.17) is 4.74 Å². The molecule has 1 heterocycles. The highest BCUT2D eigenvalue weighted by atomic mass is 16.5. The van der Waals surface area contributed by atoms with Crippen LogP contribution in [-0.4, -0.2) is 41.3 Å². The number of hydrogen-bond acceptors (Lipinski definition) is 4. The quantitative estimate of drug-likeness (QED) is 0.810. The molecule has 20 heavy (non-hydrogen) atoms. The van der Waals surface area contributed by atoms with Crippen molar-refractivity contribution >= 4 is 12.6 Å². The minimum atomic E-state index is -1.50. The number of benzene rings is 1. The fourth-order valence-corrected chi connectivity index (χ4v) is 3.08. The standard InChI is InChI=1S/C15H24BNO3/c1-11-5-4-6-12(2)17(11)10-13-7-8-15(20-3)14(9-13)16(18)19/h7-9,11-12,18-19H,4-6,10H2,1-3H3/t11-,12+. The van der Waals surface area contributed by atoms with E-state index in [1.165, 1.54) is 26.4 Å². The molecule has 0 unspecified atom stereocenters. The van der Waals surface area contributed by atoms with E-state index in [1.807, 2.05) is 18.2 Å². The summed E-state index contributed by atoms with van der Waals surface area (Å²) in [5, 5.41) is 18.9. The van der Waals surface area contributed by atoms with Crippen molar-refractivity contribution in [3.8, 4) is 5.75 Å². The average molecular weight is 277 g/mol. The molecule has 1 aromatic carbocycles. The molecule has 0 bridgehead atoms. The van der Waals surface area contributed by atoms with Gasteiger partial charge in [0.1, 0.15) is 5.75 Å². The number of piperidine rings is 1. The number of nitrogens with zero attached hydrogens (tertiary/aromatic N) is 1. The molecule has 0 saturated carbocycles. The van der Waals surface area contributed by atoms with Crippen LogP contribution in [0.1, 0.15) is 38.7 Å². The highest BCUT2D eigenvalue weighted by molar-refractivity contribution is 6.59. The van der Waals surface area contributed by atoms with E-state index in [0.29, 0.717) is 23.3 Å². The van der Waals surface area contributed by atoms with Gasteiger partial charge in [0.15, 0.2) is 0 Å². The Labute approximate surface area is 121 Å². The van der Waals surface area contributed by atoms with Crippen molar-refractivity contribution < 1.29 is 14.8 Å². The number of likely N-dealkylation sites (tertiary alicyclic amines) is 1. The second kappa shape index (κ2) is 6.61. The summed E-state index contributed by atoms with van der Waals surface area (Å²) < 4.78 is 5.16. The smallest absolute Gasteiger partial charge is 0.492 e. The molecule has 4 nitrogen and oxygen atoms in total. The van der Waals surface area contributed by atoms with Crippen molar-refractivity contribution in [3.63, 3.8) is 0 Å². The Hall–Kier alpha value is -1.04. The van der Waals surface area contributed by atoms with Crippen LogP contribution in [-0.2, 0) is 6.54 Å². The van der Waals surface area contributed by atoms with Gasteiger partial charge in [0.05, 0.1) is 7.11 Å². The summed E-state index contributed by atoms with van der Waals surface area (Å²) in [5.41, 5.74) is 1.52. The molecule has 0 aliphatic carbocycles. The first-order valence-corrected chi connectivity index (χ1v) is 7.31. The zero-order chi connectivity index (χ0) is 14.7. The molecule has 1 aliphatic rings. The number of ether oxygens (including phenoxy) is 1. The molecule has 0 spiro atoms. The van der Waals surface area contributed by atoms with Crippen LogP contribution >= 0.6 is 0 Å². The Bertz CT molecular complexity index is 443. The lowest BCUT2D eigenvalue weighted by Crippen LogP contribution is -2.43. The first-order valence-electron chi connectivity index (χ1n) is 7.31. The van der Waals surface area contributed by atoms with Crippen molar-refractivity contribution in [3.05, 3.63) is 23.8 Å². The Kier molecular flexibility index (Phi) is 5.08. The molecule has 2 N–H and O–H groups in total. The summed E-state index contributed by atoms with van der Waals surface area (Å²) >= 11 is 0. The van der Waals surface area contributed by atoms with Crippen LogP contribution in [0.5, 0.6) is 5.75 Å². The van der Waals surface area contributed by atoms with Gasteiger partial charge in [0.25, 0.3) is 0 Å². The zero-order valence-electron chi connectivity index (χ0n) is 12.5. The van der Waals surface area contributed by atoms with Crippen molar-refractivity contribution in [2.45, 2.75) is 51.7 Å². The van der Waals surface area contributed by atoms with E-state index in [9.17, 15) is 10.0 Å². The topological polar surface area (TPSA) is 52.9 Å². The van der Waals surface area contributed by atoms with Crippen molar-refractivity contribution in [2.24, 2.45) is 0 Å². The Morgan fingerprint density at radius 3 is 2.45 bits per heavy atom. The van der Waals surface area contributed by atoms with Gasteiger partial charge < -0.3 is 14.8 Å². The lowest BCUT2D eigenvalue weighted by atomic mass is 9.78. The SMILES string of the molecule is COc1ccc(CN2[C@H](C)CCC[C@@H]2C)cc1B(O)O. The van der Waals surface area contributed by atoms with E-state index >= 15 is 0 Å². The summed E-state index contributed by atoms with van der Waals surface area (Å²) in [4.78, 5) is 2.48. The van der Waals surface area contributed by atoms with E-state index in [-0.39, 0.29) is 0 Å². The predicted octanol–water partition coefficient (Wildman–Crippen LogP) is 1.14. The third kappa shape index (κ3) is 3.34. The highest BCUT2D eigenvalue weighted by Gasteiger charge is 2.25. The van der Waals surface area contributed by atoms with Gasteiger partial charge in [0, 0.05) is 24.1 Å². The second-order valence-electron chi connectivity index (χ2n) is 5.75. The third-order valence-corrected chi connectivity index (χ3v) is 4.31. The van der Waals surface area contributed by atoms with Crippen LogP contribution < -0.4 is 10.2 Å². The maximum absolute atomic E-state index is 9.43. The molecule has 5 heteroatoms. The van der Waals surface area contributed by atoms with Crippen molar-refractivity contribution in [1.29, 1.82) is 0 Å². The first kappa shape index (κ1) is 15.4. The van der Waals surface area contributed by atoms with Crippen LogP contribution in [0.4, 0.5) is 0 Å². The van der Waals surface area contributed by atoms with Gasteiger partial charge in [-0.2, -0.15) is 0 Å². The average Bonchev–Trinajstić information content (AvgIpc) is 2.43. The number of rotatable bonds is 4. The van der Waals surface area contributed by atoms with Crippen molar-refractivity contribution in [1.82, 2.24) is 4.90 Å². The van der Waals surface area contributed by atoms with Crippen LogP contribution in [0.15, 0.2) is 18.2 Å². The number of methoxy groups -OCH3 is 1. The predicted molar refractivity (Wildman–Crippen MR) is 81.1 cm³/mol. The lowest BCUT2D eigenvalue weighted by molar-refractivity contribution is 0.0953. The second-order valence-corrected chi connectivity index (χ2v) is 5.75. The summed E-state index contributed by atoms with van der Waals surface area (Å²) in [6.07, 6.45) is 3.76. The first-order chi connectivity index (χ1) is 9.52. The molecule has 2 atom stereocenters. The van der Waals surface area contributed by atoms with Crippen LogP contribution in [0, 0.1) is 0 Å². The van der Waals surface area contributed by atoms with Gasteiger partial charge in [-0.15, -0.1) is 0 Å². The van der Waals surface area contributed by atoms with E-state index in [0.717, 1.165) is 12.1 Å². The van der Waals surface area contributed by atoms with Gasteiger partial charge in [-0.05, 0) is 38.3 Å². The van der Waals surface area contributed by atoms with Gasteiger partial charge in [-0.3, -0.25) is 4.90 Å². The monoisotopic (exact) mass is 277 g/mol. The van der Waals surface area contributed by atoms with Crippen LogP contribution in [0.2, 0.25) is 0 Å². The molecule has 0 amide bonds. The van der Waals surface area contributed by atoms with Gasteiger partial charge in [-0.25, -0.2) is 0 Å². The van der Waals surface area contributed by atoms with E-state index in [1.54, 1.807) is 0 Å². The summed E-state index contributed by atoms with van der Waals surface area (Å²) in [6.45, 7) is 5.37. The minimum Gasteiger partial charge on any atom is -0.497 e. The normalized spacial score (nSPS) is 23.6. The fraction of sp³-hybridized carbons (Fsp3) is 0.600. The van der Waals surface area contributed by atoms with Gasteiger partial charge >= 0.3 is 7.12 Å². The summed E-state index contributed by atoms with van der Waals surface area (Å²) in [7, 11) is 0.0384. The fourth-order valence-electron chi connectivity index (χ4n) is 3.08. The van der Waals surface area contributed by atoms with Crippen molar-refractivity contribution in [2.75, 3.05) is 7.11 Å². The highest BCUT2D eigenvalue weighted by Crippen LogP contribution is 2.24. The summed E-state index contributed by atoms with van der Waals surface area (Å²) in [6, 6.07) is 6.78. The maximum atomic E-state index is 9.43. The van der Waals surface area contributed by atoms with E-state index in [2.05, 4.69) is 18.7 Å². The minimum absolute atomic E-state index is 0.433. The molecule has 2 rings (SSSR count). The van der Waals surface area contributed by atoms with Gasteiger partial charge in [0.2, 0.25) is 0 Å². The maximum Gasteiger partial charge on any atom is 0.492 e. The Morgan fingerprint density at radius 2 is 1.90 bits per heavy atom. The molecule has 110 valence electrons. The molecule has 1 fully saturated rings. The third-order valence-electron chi connectivity index (χ3n) is 4.31. The molecule has 0 aromatic heterocycles. The van der Waals surface area contributed by atoms with Crippen LogP contribution in [0.3, 0.4) is 0 Å². The van der Waals surface area contributed by atoms with Gasteiger partial charge in [-0.1, -0.05) is 18.6 Å². The zero-order valence-corrected chi connectivity index (χ0v) is 12.5. The summed E-state index contributed by atoms with van der Waals surface area (Å²) in [5.74, 6) is 0.517. The lowest BCUT2D eigenvalue weighted by Gasteiger charge is -2.39. The molecule has 1 aromatic rings. The van der Waals surface area contributed by atoms with Crippen LogP contribution in [0.25, 0.3) is 0 Å². The molecular weight excluding hydrogens is 253 g/mol. The molecule has 1 aliphatic heterocycles. The molecule has 0 radical (unpaired) electrons. The Morgan fingerprint density at radius 1 is 1.25 bits per heavy atom. The molecule has 1 saturated heterocycles. The Balaban J connectivity index is 2.18. The largest absolute Gasteiger partial charge is 0.497 e. The number of hydrogen-bond donors (Lipinski definition) is 2. The molecular formula is C15H24BNO3. The van der Waals surface area contributed by atoms with E-state index < -0.39 is 7.12 Å².